The van der Waals surface area contributed by atoms with Crippen LogP contribution in [0.1, 0.15) is 66.0 Å². The summed E-state index contributed by atoms with van der Waals surface area (Å²) in [7, 11) is 0. The van der Waals surface area contributed by atoms with E-state index >= 15 is 0 Å². The lowest BCUT2D eigenvalue weighted by molar-refractivity contribution is -0.121. The third kappa shape index (κ3) is 6.75. The van der Waals surface area contributed by atoms with Gasteiger partial charge < -0.3 is 15.4 Å². The molecule has 0 spiro atoms. The van der Waals surface area contributed by atoms with Crippen LogP contribution in [0.4, 0.5) is 16.6 Å². The Balaban J connectivity index is 1.71. The summed E-state index contributed by atoms with van der Waals surface area (Å²) >= 11 is 0. The third-order valence-electron chi connectivity index (χ3n) is 5.11. The van der Waals surface area contributed by atoms with E-state index in [0.29, 0.717) is 23.1 Å². The second kappa shape index (κ2) is 9.98. The molecule has 1 aliphatic carbocycles. The number of carbonyl (C=O) groups is 2. The third-order valence-corrected chi connectivity index (χ3v) is 5.11. The molecule has 10 heteroatoms. The molecule has 10 nitrogen and oxygen atoms in total. The van der Waals surface area contributed by atoms with E-state index < -0.39 is 11.7 Å². The van der Waals surface area contributed by atoms with Crippen molar-refractivity contribution in [3.63, 3.8) is 0 Å². The summed E-state index contributed by atoms with van der Waals surface area (Å²) in [6.45, 7) is 9.35. The largest absolute Gasteiger partial charge is 0.444 e. The van der Waals surface area contributed by atoms with Crippen molar-refractivity contribution in [1.82, 2.24) is 20.3 Å². The molecule has 176 valence electrons. The fraction of sp³-hybridized carbons (Fsp3) is 0.565. The van der Waals surface area contributed by atoms with Gasteiger partial charge in [0.15, 0.2) is 5.82 Å². The van der Waals surface area contributed by atoms with Gasteiger partial charge in [0, 0.05) is 29.6 Å². The Morgan fingerprint density at radius 2 is 2.00 bits per heavy atom. The van der Waals surface area contributed by atoms with Crippen LogP contribution in [0.2, 0.25) is 0 Å². The first-order valence-electron chi connectivity index (χ1n) is 11.2. The minimum Gasteiger partial charge on any atom is -0.444 e. The zero-order valence-corrected chi connectivity index (χ0v) is 19.7. The number of alkyl carbamates (subject to hydrolysis) is 1. The molecular weight excluding hydrogens is 422 g/mol. The first kappa shape index (κ1) is 24.2. The van der Waals surface area contributed by atoms with Crippen molar-refractivity contribution in [1.29, 1.82) is 5.26 Å². The molecule has 0 bridgehead atoms. The minimum absolute atomic E-state index is 0.0827. The van der Waals surface area contributed by atoms with Gasteiger partial charge in [-0.25, -0.2) is 19.7 Å². The number of anilines is 2. The van der Waals surface area contributed by atoms with Gasteiger partial charge in [0.25, 0.3) is 0 Å². The number of rotatable bonds is 5. The van der Waals surface area contributed by atoms with Gasteiger partial charge in [0.05, 0.1) is 0 Å². The van der Waals surface area contributed by atoms with Crippen LogP contribution in [0.3, 0.4) is 0 Å². The van der Waals surface area contributed by atoms with Gasteiger partial charge in [-0.3, -0.25) is 10.1 Å². The Morgan fingerprint density at radius 1 is 1.24 bits per heavy atom. The van der Waals surface area contributed by atoms with E-state index in [2.05, 4.69) is 30.9 Å². The highest BCUT2D eigenvalue weighted by Gasteiger charge is 2.30. The molecule has 0 unspecified atom stereocenters. The molecule has 2 atom stereocenters. The Morgan fingerprint density at radius 3 is 2.67 bits per heavy atom. The summed E-state index contributed by atoms with van der Waals surface area (Å²) in [5.74, 6) is 0.180. The van der Waals surface area contributed by atoms with Crippen LogP contribution in [0.5, 0.6) is 0 Å². The molecule has 1 fully saturated rings. The second-order valence-electron chi connectivity index (χ2n) is 9.59. The molecule has 1 aliphatic rings. The molecule has 3 rings (SSSR count). The number of nitrogens with one attached hydrogen (secondary N) is 3. The zero-order valence-electron chi connectivity index (χ0n) is 19.7. The maximum absolute atomic E-state index is 12.9. The Hall–Kier alpha value is -3.48. The molecule has 0 aliphatic heterocycles. The summed E-state index contributed by atoms with van der Waals surface area (Å²) in [6.07, 6.45) is 3.96. The molecule has 0 saturated heterocycles. The zero-order chi connectivity index (χ0) is 24.2. The lowest BCUT2D eigenvalue weighted by Gasteiger charge is -2.29. The Labute approximate surface area is 193 Å². The van der Waals surface area contributed by atoms with Crippen LogP contribution in [0, 0.1) is 17.2 Å². The van der Waals surface area contributed by atoms with Gasteiger partial charge in [-0.1, -0.05) is 6.42 Å². The fourth-order valence-corrected chi connectivity index (χ4v) is 3.78. The second-order valence-corrected chi connectivity index (χ2v) is 9.59. The van der Waals surface area contributed by atoms with Crippen molar-refractivity contribution in [3.05, 3.63) is 18.0 Å². The highest BCUT2D eigenvalue weighted by atomic mass is 16.6. The van der Waals surface area contributed by atoms with E-state index in [0.717, 1.165) is 19.3 Å². The molecule has 2 aromatic heterocycles. The minimum atomic E-state index is -0.574. The van der Waals surface area contributed by atoms with Crippen molar-refractivity contribution in [2.24, 2.45) is 5.92 Å². The van der Waals surface area contributed by atoms with Gasteiger partial charge in [-0.05, 0) is 59.9 Å². The number of hydrogen-bond acceptors (Lipinski definition) is 8. The molecule has 2 heterocycles. The van der Waals surface area contributed by atoms with E-state index in [9.17, 15) is 14.9 Å². The van der Waals surface area contributed by atoms with Gasteiger partial charge in [-0.2, -0.15) is 5.26 Å². The standard InChI is InChI=1S/C23H31N7O3/c1-13(2)26-19-18-15(10-17(11-24)27-19)12-25-21(29-18)30-20(31)14-7-6-8-16(9-14)28-22(32)33-23(3,4)5/h10,12-14,16H,6-9H2,1-5H3,(H,26,27)(H,28,32)(H,25,29,30,31)/t14-,16+/m0/s1. The smallest absolute Gasteiger partial charge is 0.407 e. The first-order valence-corrected chi connectivity index (χ1v) is 11.2. The fourth-order valence-electron chi connectivity index (χ4n) is 3.78. The van der Waals surface area contributed by atoms with E-state index in [4.69, 9.17) is 4.74 Å². The van der Waals surface area contributed by atoms with Crippen molar-refractivity contribution in [3.8, 4) is 6.07 Å². The lowest BCUT2D eigenvalue weighted by Crippen LogP contribution is -2.43. The number of nitriles is 1. The van der Waals surface area contributed by atoms with Crippen molar-refractivity contribution in [2.45, 2.75) is 78.0 Å². The summed E-state index contributed by atoms with van der Waals surface area (Å²) < 4.78 is 5.33. The van der Waals surface area contributed by atoms with Gasteiger partial charge in [0.2, 0.25) is 11.9 Å². The van der Waals surface area contributed by atoms with Crippen molar-refractivity contribution >= 4 is 34.7 Å². The first-order chi connectivity index (χ1) is 15.5. The van der Waals surface area contributed by atoms with Crippen LogP contribution < -0.4 is 16.0 Å². The monoisotopic (exact) mass is 453 g/mol. The van der Waals surface area contributed by atoms with Crippen LogP contribution in [-0.4, -0.2) is 44.6 Å². The average molecular weight is 454 g/mol. The molecule has 0 radical (unpaired) electrons. The highest BCUT2D eigenvalue weighted by Crippen LogP contribution is 2.27. The number of aromatic nitrogens is 3. The number of amides is 2. The van der Waals surface area contributed by atoms with Crippen LogP contribution >= 0.6 is 0 Å². The maximum Gasteiger partial charge on any atom is 0.407 e. The molecule has 2 aromatic rings. The van der Waals surface area contributed by atoms with Gasteiger partial charge >= 0.3 is 6.09 Å². The van der Waals surface area contributed by atoms with E-state index in [1.807, 2.05) is 40.7 Å². The van der Waals surface area contributed by atoms with E-state index in [-0.39, 0.29) is 35.6 Å². The maximum atomic E-state index is 12.9. The molecule has 2 amide bonds. The molecule has 33 heavy (non-hydrogen) atoms. The number of carbonyl (C=O) groups excluding carboxylic acids is 2. The number of ether oxygens (including phenoxy) is 1. The molecule has 3 N–H and O–H groups in total. The van der Waals surface area contributed by atoms with E-state index in [1.54, 1.807) is 12.3 Å². The molecular formula is C23H31N7O3. The normalized spacial score (nSPS) is 18.5. The molecule has 0 aromatic carbocycles. The molecule has 1 saturated carbocycles. The summed E-state index contributed by atoms with van der Waals surface area (Å²) in [6, 6.07) is 3.60. The Kier molecular flexibility index (Phi) is 7.31. The Bertz CT molecular complexity index is 1070. The van der Waals surface area contributed by atoms with E-state index in [1.165, 1.54) is 0 Å². The topological polar surface area (TPSA) is 142 Å². The van der Waals surface area contributed by atoms with Gasteiger partial charge in [0.1, 0.15) is 22.9 Å². The van der Waals surface area contributed by atoms with Crippen LogP contribution in [0.25, 0.3) is 10.9 Å². The van der Waals surface area contributed by atoms with Crippen LogP contribution in [-0.2, 0) is 9.53 Å². The SMILES string of the molecule is CC(C)Nc1nc(C#N)cc2cnc(NC(=O)[C@H]3CCC[C@@H](NC(=O)OC(C)(C)C)C3)nc12. The predicted molar refractivity (Wildman–Crippen MR) is 125 cm³/mol. The van der Waals surface area contributed by atoms with Crippen molar-refractivity contribution < 1.29 is 14.3 Å². The number of pyridine rings is 1. The number of fused-ring (bicyclic) bond motifs is 1. The lowest BCUT2D eigenvalue weighted by atomic mass is 9.85. The number of nitrogens with zero attached hydrogens (tertiary/aromatic N) is 4. The highest BCUT2D eigenvalue weighted by molar-refractivity contribution is 5.94. The van der Waals surface area contributed by atoms with Gasteiger partial charge in [-0.15, -0.1) is 0 Å². The predicted octanol–water partition coefficient (Wildman–Crippen LogP) is 3.74. The summed E-state index contributed by atoms with van der Waals surface area (Å²) in [5.41, 5.74) is 0.215. The van der Waals surface area contributed by atoms with Crippen molar-refractivity contribution in [2.75, 3.05) is 10.6 Å². The quantitative estimate of drug-likeness (QED) is 0.621. The number of hydrogen-bond donors (Lipinski definition) is 3. The summed E-state index contributed by atoms with van der Waals surface area (Å²) in [4.78, 5) is 38.0. The van der Waals surface area contributed by atoms with Crippen LogP contribution in [0.15, 0.2) is 12.3 Å². The summed E-state index contributed by atoms with van der Waals surface area (Å²) in [5, 5.41) is 18.7. The average Bonchev–Trinajstić information content (AvgIpc) is 2.72.